The second-order valence-corrected chi connectivity index (χ2v) is 4.95. The summed E-state index contributed by atoms with van der Waals surface area (Å²) in [5.41, 5.74) is 5.55. The first-order chi connectivity index (χ1) is 10.8. The van der Waals surface area contributed by atoms with Gasteiger partial charge in [-0.3, -0.25) is 0 Å². The Bertz CT molecular complexity index is 678. The maximum absolute atomic E-state index is 14.1. The molecule has 0 aromatic heterocycles. The van der Waals surface area contributed by atoms with Crippen LogP contribution in [0.1, 0.15) is 11.1 Å². The Morgan fingerprint density at radius 2 is 1.83 bits per heavy atom. The van der Waals surface area contributed by atoms with Crippen LogP contribution in [0, 0.1) is 11.9 Å². The summed E-state index contributed by atoms with van der Waals surface area (Å²) < 4.78 is 51.8. The highest BCUT2D eigenvalue weighted by molar-refractivity contribution is 5.57. The van der Waals surface area contributed by atoms with Gasteiger partial charge in [-0.15, -0.1) is 6.58 Å². The zero-order chi connectivity index (χ0) is 17.0. The normalized spacial score (nSPS) is 11.3. The van der Waals surface area contributed by atoms with Gasteiger partial charge in [0.15, 0.2) is 5.82 Å². The Morgan fingerprint density at radius 3 is 2.39 bits per heavy atom. The van der Waals surface area contributed by atoms with E-state index in [0.717, 1.165) is 12.1 Å². The number of halogens is 4. The van der Waals surface area contributed by atoms with E-state index in [0.29, 0.717) is 12.1 Å². The second kappa shape index (κ2) is 6.73. The smallest absolute Gasteiger partial charge is 0.396 e. The Labute approximate surface area is 131 Å². The zero-order valence-electron chi connectivity index (χ0n) is 12.2. The van der Waals surface area contributed by atoms with Crippen LogP contribution in [-0.2, 0) is 12.7 Å². The number of rotatable bonds is 5. The monoisotopic (exact) mass is 323 g/mol. The van der Waals surface area contributed by atoms with Crippen molar-refractivity contribution in [1.82, 2.24) is 0 Å². The van der Waals surface area contributed by atoms with E-state index in [-0.39, 0.29) is 17.9 Å². The highest BCUT2D eigenvalue weighted by Gasteiger charge is 2.30. The first-order valence-corrected chi connectivity index (χ1v) is 6.80. The molecule has 0 bridgehead atoms. The molecule has 0 heterocycles. The molecule has 0 aliphatic rings. The minimum atomic E-state index is -4.38. The van der Waals surface area contributed by atoms with Gasteiger partial charge in [-0.1, -0.05) is 18.2 Å². The lowest BCUT2D eigenvalue weighted by Gasteiger charge is -2.24. The number of nitrogens with two attached hydrogens (primary N) is 1. The van der Waals surface area contributed by atoms with Gasteiger partial charge in [-0.25, -0.2) is 4.39 Å². The second-order valence-electron chi connectivity index (χ2n) is 4.95. The Hall–Kier alpha value is -2.50. The Kier molecular flexibility index (Phi) is 4.93. The molecular weight excluding hydrogens is 308 g/mol. The summed E-state index contributed by atoms with van der Waals surface area (Å²) in [6.07, 6.45) is -2.80. The van der Waals surface area contributed by atoms with Crippen molar-refractivity contribution in [2.75, 3.05) is 17.2 Å². The van der Waals surface area contributed by atoms with E-state index < -0.39 is 17.6 Å². The zero-order valence-corrected chi connectivity index (χ0v) is 12.2. The predicted octanol–water partition coefficient (Wildman–Crippen LogP) is 4.42. The third-order valence-electron chi connectivity index (χ3n) is 3.29. The van der Waals surface area contributed by atoms with Gasteiger partial charge in [0, 0.05) is 19.2 Å². The van der Waals surface area contributed by atoms with Crippen LogP contribution in [0.3, 0.4) is 0 Å². The fourth-order valence-corrected chi connectivity index (χ4v) is 2.15. The van der Waals surface area contributed by atoms with E-state index in [1.165, 1.54) is 24.3 Å². The average molecular weight is 323 g/mol. The van der Waals surface area contributed by atoms with Crippen molar-refractivity contribution in [1.29, 1.82) is 0 Å². The van der Waals surface area contributed by atoms with Crippen molar-refractivity contribution >= 4 is 11.4 Å². The molecule has 2 N–H and O–H groups in total. The first-order valence-electron chi connectivity index (χ1n) is 6.80. The van der Waals surface area contributed by atoms with Crippen LogP contribution in [0.4, 0.5) is 28.9 Å². The van der Waals surface area contributed by atoms with E-state index in [4.69, 9.17) is 5.73 Å². The van der Waals surface area contributed by atoms with Crippen LogP contribution < -0.4 is 10.6 Å². The number of alkyl halides is 3. The molecule has 0 aliphatic heterocycles. The van der Waals surface area contributed by atoms with Gasteiger partial charge in [0.2, 0.25) is 0 Å². The van der Waals surface area contributed by atoms with Gasteiger partial charge in [-0.05, 0) is 29.8 Å². The Balaban J connectivity index is 2.26. The molecule has 0 fully saturated rings. The van der Waals surface area contributed by atoms with E-state index in [9.17, 15) is 17.6 Å². The number of anilines is 2. The van der Waals surface area contributed by atoms with Gasteiger partial charge in [0.1, 0.15) is 0 Å². The molecule has 1 radical (unpaired) electrons. The molecule has 2 aromatic carbocycles. The van der Waals surface area contributed by atoms with Crippen LogP contribution in [0.15, 0.2) is 49.1 Å². The molecule has 0 saturated heterocycles. The third-order valence-corrected chi connectivity index (χ3v) is 3.29. The van der Waals surface area contributed by atoms with Crippen LogP contribution in [0.2, 0.25) is 0 Å². The molecule has 0 unspecified atom stereocenters. The van der Waals surface area contributed by atoms with E-state index in [2.05, 4.69) is 12.6 Å². The van der Waals surface area contributed by atoms with Crippen molar-refractivity contribution in [3.8, 4) is 0 Å². The quantitative estimate of drug-likeness (QED) is 0.501. The van der Waals surface area contributed by atoms with Crippen LogP contribution in [-0.4, -0.2) is 6.54 Å². The lowest BCUT2D eigenvalue weighted by molar-refractivity contribution is -0.137. The third kappa shape index (κ3) is 4.03. The largest absolute Gasteiger partial charge is 0.416 e. The number of nitrogen functional groups attached to an aromatic ring is 1. The maximum Gasteiger partial charge on any atom is 0.416 e. The van der Waals surface area contributed by atoms with Crippen molar-refractivity contribution in [2.24, 2.45) is 0 Å². The number of hydrogen-bond donors (Lipinski definition) is 1. The van der Waals surface area contributed by atoms with Crippen LogP contribution in [0.5, 0.6) is 0 Å². The summed E-state index contributed by atoms with van der Waals surface area (Å²) >= 11 is 0. The molecule has 0 atom stereocenters. The fourth-order valence-electron chi connectivity index (χ4n) is 2.15. The molecule has 2 aromatic rings. The highest BCUT2D eigenvalue weighted by Crippen LogP contribution is 2.30. The topological polar surface area (TPSA) is 29.3 Å². The van der Waals surface area contributed by atoms with Crippen LogP contribution in [0.25, 0.3) is 0 Å². The molecule has 23 heavy (non-hydrogen) atoms. The van der Waals surface area contributed by atoms with E-state index in [1.807, 2.05) is 0 Å². The summed E-state index contributed by atoms with van der Waals surface area (Å²) in [5, 5.41) is 0. The maximum atomic E-state index is 14.1. The summed E-state index contributed by atoms with van der Waals surface area (Å²) in [4.78, 5) is 1.63. The number of hydrogen-bond acceptors (Lipinski definition) is 2. The summed E-state index contributed by atoms with van der Waals surface area (Å²) in [5.74, 6) is -0.610. The molecule has 0 aliphatic carbocycles. The molecule has 2 nitrogen and oxygen atoms in total. The van der Waals surface area contributed by atoms with Gasteiger partial charge < -0.3 is 10.6 Å². The van der Waals surface area contributed by atoms with Gasteiger partial charge >= 0.3 is 6.18 Å². The number of benzene rings is 2. The van der Waals surface area contributed by atoms with Gasteiger partial charge in [-0.2, -0.15) is 13.2 Å². The fraction of sp³-hybridized carbons (Fsp3) is 0.176. The molecule has 0 saturated carbocycles. The SMILES string of the molecule is C=CCN(Cc1ccc(C(F)(F)F)cc1)c1cc[c]c(N)c1F. The first kappa shape index (κ1) is 16.9. The Morgan fingerprint density at radius 1 is 1.17 bits per heavy atom. The van der Waals surface area contributed by atoms with Gasteiger partial charge in [0.05, 0.1) is 16.9 Å². The van der Waals surface area contributed by atoms with E-state index >= 15 is 0 Å². The summed E-state index contributed by atoms with van der Waals surface area (Å²) in [6, 6.07) is 10.3. The lowest BCUT2D eigenvalue weighted by atomic mass is 10.1. The minimum Gasteiger partial charge on any atom is -0.396 e. The average Bonchev–Trinajstić information content (AvgIpc) is 2.49. The molecule has 6 heteroatoms. The molecule has 0 amide bonds. The van der Waals surface area contributed by atoms with Crippen LogP contribution >= 0.6 is 0 Å². The highest BCUT2D eigenvalue weighted by atomic mass is 19.4. The van der Waals surface area contributed by atoms with Crippen molar-refractivity contribution < 1.29 is 17.6 Å². The van der Waals surface area contributed by atoms with Crippen molar-refractivity contribution in [3.63, 3.8) is 0 Å². The number of nitrogens with zero attached hydrogens (tertiary/aromatic N) is 1. The summed E-state index contributed by atoms with van der Waals surface area (Å²) in [7, 11) is 0. The summed E-state index contributed by atoms with van der Waals surface area (Å²) in [6.45, 7) is 4.16. The van der Waals surface area contributed by atoms with Crippen molar-refractivity contribution in [3.05, 3.63) is 72.1 Å². The minimum absolute atomic E-state index is 0.107. The van der Waals surface area contributed by atoms with Gasteiger partial charge in [0.25, 0.3) is 0 Å². The predicted molar refractivity (Wildman–Crippen MR) is 82.3 cm³/mol. The van der Waals surface area contributed by atoms with Crippen molar-refractivity contribution in [2.45, 2.75) is 12.7 Å². The standard InChI is InChI=1S/C17H15F4N2/c1-2-10-23(15-5-3-4-14(22)16(15)18)11-12-6-8-13(9-7-12)17(19,20)21/h2-3,5-9H,1,10-11,22H2. The molecular formula is C17H15F4N2. The lowest BCUT2D eigenvalue weighted by Crippen LogP contribution is -2.24. The molecule has 2 rings (SSSR count). The van der Waals surface area contributed by atoms with E-state index in [1.54, 1.807) is 11.0 Å². The molecule has 121 valence electrons. The molecule has 0 spiro atoms.